The van der Waals surface area contributed by atoms with Gasteiger partial charge in [0.15, 0.2) is 0 Å². The molecule has 0 bridgehead atoms. The van der Waals surface area contributed by atoms with E-state index in [0.29, 0.717) is 6.61 Å². The zero-order valence-corrected chi connectivity index (χ0v) is 8.16. The van der Waals surface area contributed by atoms with Crippen molar-refractivity contribution in [1.29, 1.82) is 0 Å². The summed E-state index contributed by atoms with van der Waals surface area (Å²) in [4.78, 5) is 4.06. The van der Waals surface area contributed by atoms with Crippen LogP contribution in [0.4, 0.5) is 0 Å². The Morgan fingerprint density at radius 2 is 2.38 bits per heavy atom. The van der Waals surface area contributed by atoms with E-state index in [9.17, 15) is 0 Å². The van der Waals surface area contributed by atoms with Gasteiger partial charge < -0.3 is 10.5 Å². The van der Waals surface area contributed by atoms with Crippen LogP contribution in [0.1, 0.15) is 24.1 Å². The molecule has 0 saturated heterocycles. The maximum absolute atomic E-state index is 5.92. The molecule has 0 amide bonds. The van der Waals surface area contributed by atoms with Crippen LogP contribution in [0.2, 0.25) is 0 Å². The summed E-state index contributed by atoms with van der Waals surface area (Å²) in [5.74, 6) is 0. The summed E-state index contributed by atoms with van der Waals surface area (Å²) in [7, 11) is 1.65. The lowest BCUT2D eigenvalue weighted by Crippen LogP contribution is -2.18. The highest BCUT2D eigenvalue weighted by Crippen LogP contribution is 2.15. The Labute approximate surface area is 78.9 Å². The molecule has 1 heterocycles. The van der Waals surface area contributed by atoms with E-state index >= 15 is 0 Å². The van der Waals surface area contributed by atoms with Crippen molar-refractivity contribution in [3.05, 3.63) is 29.6 Å². The minimum atomic E-state index is -0.0614. The van der Waals surface area contributed by atoms with E-state index in [0.717, 1.165) is 12.0 Å². The number of hydrogen-bond donors (Lipinski definition) is 1. The van der Waals surface area contributed by atoms with Crippen molar-refractivity contribution in [2.75, 3.05) is 13.7 Å². The fourth-order valence-electron chi connectivity index (χ4n) is 1.36. The topological polar surface area (TPSA) is 48.1 Å². The third-order valence-corrected chi connectivity index (χ3v) is 2.07. The standard InChI is InChI=1S/C10H16N2O/c1-3-8-4-5-12-6-9(8)10(11)7-13-2/h4-6,10H,3,7,11H2,1-2H3/t10-/m0/s1. The first-order chi connectivity index (χ1) is 6.29. The summed E-state index contributed by atoms with van der Waals surface area (Å²) in [6, 6.07) is 1.94. The third-order valence-electron chi connectivity index (χ3n) is 2.07. The van der Waals surface area contributed by atoms with Crippen molar-refractivity contribution in [3.8, 4) is 0 Å². The molecule has 72 valence electrons. The number of aryl methyl sites for hydroxylation is 1. The molecule has 3 nitrogen and oxygen atoms in total. The van der Waals surface area contributed by atoms with Gasteiger partial charge in [0, 0.05) is 19.5 Å². The highest BCUT2D eigenvalue weighted by atomic mass is 16.5. The first kappa shape index (κ1) is 10.2. The lowest BCUT2D eigenvalue weighted by atomic mass is 10.0. The van der Waals surface area contributed by atoms with E-state index in [1.54, 1.807) is 13.3 Å². The molecule has 0 aromatic carbocycles. The number of methoxy groups -OCH3 is 1. The maximum atomic E-state index is 5.92. The molecule has 0 unspecified atom stereocenters. The van der Waals surface area contributed by atoms with Crippen LogP contribution in [0.5, 0.6) is 0 Å². The molecule has 1 rings (SSSR count). The summed E-state index contributed by atoms with van der Waals surface area (Å²) < 4.78 is 5.00. The Balaban J connectivity index is 2.85. The van der Waals surface area contributed by atoms with Crippen LogP contribution >= 0.6 is 0 Å². The van der Waals surface area contributed by atoms with Crippen molar-refractivity contribution < 1.29 is 4.74 Å². The molecule has 0 spiro atoms. The zero-order valence-electron chi connectivity index (χ0n) is 8.16. The van der Waals surface area contributed by atoms with Crippen LogP contribution in [-0.4, -0.2) is 18.7 Å². The maximum Gasteiger partial charge on any atom is 0.0656 e. The molecule has 0 fully saturated rings. The van der Waals surface area contributed by atoms with E-state index < -0.39 is 0 Å². The summed E-state index contributed by atoms with van der Waals surface area (Å²) in [6.07, 6.45) is 4.60. The van der Waals surface area contributed by atoms with Crippen molar-refractivity contribution in [3.63, 3.8) is 0 Å². The lowest BCUT2D eigenvalue weighted by molar-refractivity contribution is 0.180. The molecular formula is C10H16N2O. The molecule has 0 aliphatic heterocycles. The van der Waals surface area contributed by atoms with Crippen LogP contribution in [0.25, 0.3) is 0 Å². The highest BCUT2D eigenvalue weighted by molar-refractivity contribution is 5.26. The molecule has 0 saturated carbocycles. The van der Waals surface area contributed by atoms with Crippen LogP contribution < -0.4 is 5.73 Å². The van der Waals surface area contributed by atoms with E-state index in [2.05, 4.69) is 11.9 Å². The number of hydrogen-bond acceptors (Lipinski definition) is 3. The Morgan fingerprint density at radius 1 is 1.62 bits per heavy atom. The number of ether oxygens (including phenoxy) is 1. The Hall–Kier alpha value is -0.930. The summed E-state index contributed by atoms with van der Waals surface area (Å²) in [6.45, 7) is 2.65. The predicted octanol–water partition coefficient (Wildman–Crippen LogP) is 1.29. The van der Waals surface area contributed by atoms with Gasteiger partial charge in [0.25, 0.3) is 0 Å². The highest BCUT2D eigenvalue weighted by Gasteiger charge is 2.09. The monoisotopic (exact) mass is 180 g/mol. The van der Waals surface area contributed by atoms with Gasteiger partial charge in [-0.25, -0.2) is 0 Å². The van der Waals surface area contributed by atoms with Crippen LogP contribution in [-0.2, 0) is 11.2 Å². The van der Waals surface area contributed by atoms with E-state index in [-0.39, 0.29) is 6.04 Å². The van der Waals surface area contributed by atoms with Gasteiger partial charge in [-0.15, -0.1) is 0 Å². The minimum Gasteiger partial charge on any atom is -0.383 e. The van der Waals surface area contributed by atoms with Crippen molar-refractivity contribution in [2.45, 2.75) is 19.4 Å². The largest absolute Gasteiger partial charge is 0.383 e. The van der Waals surface area contributed by atoms with E-state index in [4.69, 9.17) is 10.5 Å². The van der Waals surface area contributed by atoms with Crippen molar-refractivity contribution >= 4 is 0 Å². The third kappa shape index (κ3) is 2.50. The van der Waals surface area contributed by atoms with Crippen molar-refractivity contribution in [2.24, 2.45) is 5.73 Å². The first-order valence-electron chi connectivity index (χ1n) is 4.46. The number of pyridine rings is 1. The minimum absolute atomic E-state index is 0.0614. The number of nitrogens with zero attached hydrogens (tertiary/aromatic N) is 1. The number of rotatable bonds is 4. The molecule has 1 aromatic rings. The second-order valence-electron chi connectivity index (χ2n) is 2.99. The summed E-state index contributed by atoms with van der Waals surface area (Å²) in [5, 5.41) is 0. The Morgan fingerprint density at radius 3 is 3.00 bits per heavy atom. The molecule has 0 aliphatic carbocycles. The van der Waals surface area contributed by atoms with Gasteiger partial charge in [-0.05, 0) is 23.6 Å². The smallest absolute Gasteiger partial charge is 0.0656 e. The van der Waals surface area contributed by atoms with Gasteiger partial charge in [0.05, 0.1) is 12.6 Å². The molecule has 1 aromatic heterocycles. The Kier molecular flexibility index (Phi) is 3.86. The van der Waals surface area contributed by atoms with Crippen molar-refractivity contribution in [1.82, 2.24) is 4.98 Å². The van der Waals surface area contributed by atoms with Crippen LogP contribution in [0.3, 0.4) is 0 Å². The average Bonchev–Trinajstić information content (AvgIpc) is 2.18. The molecule has 1 atom stereocenters. The summed E-state index contributed by atoms with van der Waals surface area (Å²) in [5.41, 5.74) is 8.26. The van der Waals surface area contributed by atoms with Gasteiger partial charge in [-0.1, -0.05) is 6.92 Å². The van der Waals surface area contributed by atoms with Gasteiger partial charge in [-0.3, -0.25) is 4.98 Å². The van der Waals surface area contributed by atoms with Gasteiger partial charge in [0.1, 0.15) is 0 Å². The predicted molar refractivity (Wildman–Crippen MR) is 52.4 cm³/mol. The van der Waals surface area contributed by atoms with Gasteiger partial charge in [0.2, 0.25) is 0 Å². The molecule has 0 radical (unpaired) electrons. The lowest BCUT2D eigenvalue weighted by Gasteiger charge is -2.13. The molecule has 13 heavy (non-hydrogen) atoms. The average molecular weight is 180 g/mol. The Bertz CT molecular complexity index is 263. The SMILES string of the molecule is CCc1ccncc1[C@@H](N)COC. The van der Waals surface area contributed by atoms with Gasteiger partial charge in [-0.2, -0.15) is 0 Å². The van der Waals surface area contributed by atoms with Crippen LogP contribution in [0.15, 0.2) is 18.5 Å². The molecule has 2 N–H and O–H groups in total. The van der Waals surface area contributed by atoms with Gasteiger partial charge >= 0.3 is 0 Å². The first-order valence-corrected chi connectivity index (χ1v) is 4.46. The quantitative estimate of drug-likeness (QED) is 0.759. The fraction of sp³-hybridized carbons (Fsp3) is 0.500. The van der Waals surface area contributed by atoms with Crippen LogP contribution in [0, 0.1) is 0 Å². The molecule has 0 aliphatic rings. The second kappa shape index (κ2) is 4.94. The zero-order chi connectivity index (χ0) is 9.68. The summed E-state index contributed by atoms with van der Waals surface area (Å²) >= 11 is 0. The normalized spacial score (nSPS) is 12.8. The van der Waals surface area contributed by atoms with E-state index in [1.807, 2.05) is 12.3 Å². The van der Waals surface area contributed by atoms with E-state index in [1.165, 1.54) is 5.56 Å². The second-order valence-corrected chi connectivity index (χ2v) is 2.99. The molecule has 3 heteroatoms. The number of aromatic nitrogens is 1. The fourth-order valence-corrected chi connectivity index (χ4v) is 1.36. The molecular weight excluding hydrogens is 164 g/mol. The number of nitrogens with two attached hydrogens (primary N) is 1.